The van der Waals surface area contributed by atoms with Crippen molar-refractivity contribution in [2.75, 3.05) is 6.54 Å². The summed E-state index contributed by atoms with van der Waals surface area (Å²) in [6, 6.07) is 14.8. The van der Waals surface area contributed by atoms with E-state index >= 15 is 0 Å². The van der Waals surface area contributed by atoms with E-state index in [1.54, 1.807) is 0 Å². The average molecular weight is 400 g/mol. The molecule has 2 aliphatic rings. The van der Waals surface area contributed by atoms with Crippen LogP contribution in [0.1, 0.15) is 36.1 Å². The topological polar surface area (TPSA) is 29.5 Å². The fourth-order valence-corrected chi connectivity index (χ4v) is 3.91. The minimum Gasteiger partial charge on any atom is -0.345 e. The second kappa shape index (κ2) is 7.56. The highest BCUT2D eigenvalue weighted by molar-refractivity contribution is 6.30. The van der Waals surface area contributed by atoms with Gasteiger partial charge in [-0.15, -0.1) is 6.42 Å². The number of amides is 1. The minimum absolute atomic E-state index is 0.150. The van der Waals surface area contributed by atoms with Gasteiger partial charge in [-0.05, 0) is 54.2 Å². The molecule has 0 bridgehead atoms. The van der Waals surface area contributed by atoms with Crippen molar-refractivity contribution in [3.05, 3.63) is 69.7 Å². The van der Waals surface area contributed by atoms with Crippen LogP contribution in [0.5, 0.6) is 0 Å². The second-order valence-corrected chi connectivity index (χ2v) is 7.96. The molecule has 5 heteroatoms. The summed E-state index contributed by atoms with van der Waals surface area (Å²) in [5, 5.41) is 1.27. The zero-order valence-electron chi connectivity index (χ0n) is 14.6. The Labute approximate surface area is 169 Å². The molecular formula is C22H19Cl2NO2. The Morgan fingerprint density at radius 3 is 2.44 bits per heavy atom. The monoisotopic (exact) mass is 399 g/mol. The van der Waals surface area contributed by atoms with Gasteiger partial charge in [-0.1, -0.05) is 53.4 Å². The van der Waals surface area contributed by atoms with Crippen molar-refractivity contribution >= 4 is 29.1 Å². The molecule has 2 aromatic carbocycles. The molecule has 1 saturated carbocycles. The van der Waals surface area contributed by atoms with Gasteiger partial charge in [0, 0.05) is 16.6 Å². The molecule has 1 heterocycles. The lowest BCUT2D eigenvalue weighted by Gasteiger charge is -2.44. The van der Waals surface area contributed by atoms with Gasteiger partial charge in [-0.2, -0.15) is 0 Å². The van der Waals surface area contributed by atoms with Gasteiger partial charge in [0.05, 0.1) is 6.04 Å². The Balaban J connectivity index is 1.80. The molecule has 27 heavy (non-hydrogen) atoms. The third-order valence-electron chi connectivity index (χ3n) is 5.10. The maximum absolute atomic E-state index is 13.0. The van der Waals surface area contributed by atoms with E-state index < -0.39 is 12.2 Å². The quantitative estimate of drug-likeness (QED) is 0.673. The molecule has 0 spiro atoms. The molecule has 2 aromatic rings. The van der Waals surface area contributed by atoms with Crippen LogP contribution in [0.25, 0.3) is 0 Å². The van der Waals surface area contributed by atoms with Crippen molar-refractivity contribution in [1.82, 2.24) is 4.90 Å². The predicted octanol–water partition coefficient (Wildman–Crippen LogP) is 5.05. The van der Waals surface area contributed by atoms with Crippen molar-refractivity contribution in [3.63, 3.8) is 0 Å². The van der Waals surface area contributed by atoms with E-state index in [4.69, 9.17) is 34.4 Å². The lowest BCUT2D eigenvalue weighted by atomic mass is 9.91. The standard InChI is InChI=1S/C22H19Cl2NO2/c1-2-19-22(26)25(13-14-6-7-14)20(15-8-10-17(23)11-9-15)21(27-19)16-4-3-5-18(24)12-16/h1,3-5,8-12,14,19-21H,6-7,13H2/t19-,20+,21-/m1/s1. The maximum atomic E-state index is 13.0. The molecule has 0 aromatic heterocycles. The van der Waals surface area contributed by atoms with Gasteiger partial charge in [0.25, 0.3) is 5.91 Å². The van der Waals surface area contributed by atoms with Crippen LogP contribution in [-0.2, 0) is 9.53 Å². The Morgan fingerprint density at radius 2 is 1.81 bits per heavy atom. The van der Waals surface area contributed by atoms with E-state index in [1.165, 1.54) is 0 Å². The number of morpholine rings is 1. The van der Waals surface area contributed by atoms with Crippen LogP contribution >= 0.6 is 23.2 Å². The number of ether oxygens (including phenoxy) is 1. The molecule has 0 N–H and O–H groups in total. The van der Waals surface area contributed by atoms with Crippen LogP contribution in [-0.4, -0.2) is 23.5 Å². The predicted molar refractivity (Wildman–Crippen MR) is 107 cm³/mol. The first-order valence-electron chi connectivity index (χ1n) is 9.00. The summed E-state index contributed by atoms with van der Waals surface area (Å²) in [6.45, 7) is 0.685. The van der Waals surface area contributed by atoms with Crippen molar-refractivity contribution in [3.8, 4) is 12.3 Å². The van der Waals surface area contributed by atoms with Gasteiger partial charge in [0.15, 0.2) is 6.10 Å². The van der Waals surface area contributed by atoms with Crippen LogP contribution in [0, 0.1) is 18.3 Å². The molecule has 1 aliphatic heterocycles. The Bertz CT molecular complexity index is 886. The number of rotatable bonds is 4. The SMILES string of the molecule is C#C[C@H]1O[C@H](c2cccc(Cl)c2)[C@H](c2ccc(Cl)cc2)N(CC2CC2)C1=O. The third kappa shape index (κ3) is 3.84. The van der Waals surface area contributed by atoms with E-state index in [1.807, 2.05) is 53.4 Å². The fourth-order valence-electron chi connectivity index (χ4n) is 3.58. The highest BCUT2D eigenvalue weighted by Gasteiger charge is 2.45. The first kappa shape index (κ1) is 18.4. The summed E-state index contributed by atoms with van der Waals surface area (Å²) in [6.07, 6.45) is 6.60. The molecule has 3 atom stereocenters. The van der Waals surface area contributed by atoms with Crippen LogP contribution in [0.3, 0.4) is 0 Å². The van der Waals surface area contributed by atoms with E-state index in [2.05, 4.69) is 5.92 Å². The smallest absolute Gasteiger partial charge is 0.264 e. The van der Waals surface area contributed by atoms with Crippen LogP contribution in [0.4, 0.5) is 0 Å². The fraction of sp³-hybridized carbons (Fsp3) is 0.318. The average Bonchev–Trinajstić information content (AvgIpc) is 3.48. The van der Waals surface area contributed by atoms with Gasteiger partial charge in [0.2, 0.25) is 0 Å². The Morgan fingerprint density at radius 1 is 1.07 bits per heavy atom. The highest BCUT2D eigenvalue weighted by Crippen LogP contribution is 2.44. The molecule has 1 aliphatic carbocycles. The number of carbonyl (C=O) groups excluding carboxylic acids is 1. The zero-order valence-corrected chi connectivity index (χ0v) is 16.2. The van der Waals surface area contributed by atoms with Gasteiger partial charge in [-0.25, -0.2) is 0 Å². The molecule has 0 radical (unpaired) electrons. The van der Waals surface area contributed by atoms with Gasteiger partial charge < -0.3 is 9.64 Å². The molecule has 2 fully saturated rings. The van der Waals surface area contributed by atoms with Crippen LogP contribution < -0.4 is 0 Å². The summed E-state index contributed by atoms with van der Waals surface area (Å²) in [5.74, 6) is 2.88. The summed E-state index contributed by atoms with van der Waals surface area (Å²) in [7, 11) is 0. The van der Waals surface area contributed by atoms with Crippen LogP contribution in [0.15, 0.2) is 48.5 Å². The normalized spacial score (nSPS) is 25.3. The van der Waals surface area contributed by atoms with Crippen molar-refractivity contribution < 1.29 is 9.53 Å². The summed E-state index contributed by atoms with van der Waals surface area (Å²) < 4.78 is 6.10. The van der Waals surface area contributed by atoms with Crippen LogP contribution in [0.2, 0.25) is 10.0 Å². The number of terminal acetylenes is 1. The van der Waals surface area contributed by atoms with Gasteiger partial charge >= 0.3 is 0 Å². The molecule has 4 rings (SSSR count). The summed E-state index contributed by atoms with van der Waals surface area (Å²) >= 11 is 12.3. The first-order valence-corrected chi connectivity index (χ1v) is 9.75. The van der Waals surface area contributed by atoms with Crippen molar-refractivity contribution in [2.45, 2.75) is 31.1 Å². The number of nitrogens with zero attached hydrogens (tertiary/aromatic N) is 1. The van der Waals surface area contributed by atoms with E-state index in [-0.39, 0.29) is 11.9 Å². The zero-order chi connectivity index (χ0) is 19.0. The molecule has 138 valence electrons. The van der Waals surface area contributed by atoms with Gasteiger partial charge in [0.1, 0.15) is 6.10 Å². The summed E-state index contributed by atoms with van der Waals surface area (Å²) in [4.78, 5) is 14.9. The van der Waals surface area contributed by atoms with Crippen molar-refractivity contribution in [1.29, 1.82) is 0 Å². The molecule has 3 nitrogen and oxygen atoms in total. The Hall–Kier alpha value is -1.99. The lowest BCUT2D eigenvalue weighted by molar-refractivity contribution is -0.167. The molecule has 1 amide bonds. The maximum Gasteiger partial charge on any atom is 0.264 e. The van der Waals surface area contributed by atoms with Gasteiger partial charge in [-0.3, -0.25) is 4.79 Å². The summed E-state index contributed by atoms with van der Waals surface area (Å²) in [5.41, 5.74) is 1.87. The number of halogens is 2. The van der Waals surface area contributed by atoms with E-state index in [9.17, 15) is 4.79 Å². The minimum atomic E-state index is -0.892. The number of carbonyl (C=O) groups is 1. The molecule has 1 saturated heterocycles. The van der Waals surface area contributed by atoms with E-state index in [0.29, 0.717) is 22.5 Å². The lowest BCUT2D eigenvalue weighted by Crippen LogP contribution is -2.51. The largest absolute Gasteiger partial charge is 0.345 e. The van der Waals surface area contributed by atoms with E-state index in [0.717, 1.165) is 24.0 Å². The third-order valence-corrected chi connectivity index (χ3v) is 5.59. The number of benzene rings is 2. The number of hydrogen-bond donors (Lipinski definition) is 0. The Kier molecular flexibility index (Phi) is 5.14. The molecule has 0 unspecified atom stereocenters. The first-order chi connectivity index (χ1) is 13.1. The van der Waals surface area contributed by atoms with Crippen molar-refractivity contribution in [2.24, 2.45) is 5.92 Å². The molecular weight excluding hydrogens is 381 g/mol. The second-order valence-electron chi connectivity index (χ2n) is 7.09. The highest BCUT2D eigenvalue weighted by atomic mass is 35.5. The number of hydrogen-bond acceptors (Lipinski definition) is 2.